The molecule has 0 aliphatic rings. The molecule has 0 unspecified atom stereocenters. The second-order valence-electron chi connectivity index (χ2n) is 4.67. The van der Waals surface area contributed by atoms with E-state index in [0.717, 1.165) is 22.2 Å². The summed E-state index contributed by atoms with van der Waals surface area (Å²) in [5, 5.41) is 0.857. The maximum absolute atomic E-state index is 12.5. The quantitative estimate of drug-likeness (QED) is 0.732. The standard InChI is InChI=1S/C17H15NO2/c1-20-16-9-5-8-14-17(16)13(11-18-14)15(19)10-12-6-3-2-4-7-12/h2-9,11,18H,10H2,1H3. The van der Waals surface area contributed by atoms with Gasteiger partial charge in [0.2, 0.25) is 0 Å². The van der Waals surface area contributed by atoms with Crippen LogP contribution in [-0.2, 0) is 6.42 Å². The molecule has 0 radical (unpaired) electrons. The molecule has 1 N–H and O–H groups in total. The third kappa shape index (κ3) is 2.18. The first-order valence-electron chi connectivity index (χ1n) is 6.51. The number of aromatic amines is 1. The average Bonchev–Trinajstić information content (AvgIpc) is 2.92. The van der Waals surface area contributed by atoms with E-state index in [2.05, 4.69) is 4.98 Å². The van der Waals surface area contributed by atoms with E-state index >= 15 is 0 Å². The third-order valence-corrected chi connectivity index (χ3v) is 3.40. The van der Waals surface area contributed by atoms with Crippen LogP contribution in [0.5, 0.6) is 5.75 Å². The average molecular weight is 265 g/mol. The van der Waals surface area contributed by atoms with Gasteiger partial charge in [-0.05, 0) is 17.7 Å². The van der Waals surface area contributed by atoms with Gasteiger partial charge in [0, 0.05) is 23.7 Å². The maximum Gasteiger partial charge on any atom is 0.169 e. The van der Waals surface area contributed by atoms with Crippen molar-refractivity contribution in [3.05, 3.63) is 65.9 Å². The highest BCUT2D eigenvalue weighted by Gasteiger charge is 2.15. The number of ether oxygens (including phenoxy) is 1. The summed E-state index contributed by atoms with van der Waals surface area (Å²) in [6, 6.07) is 15.5. The van der Waals surface area contributed by atoms with Crippen molar-refractivity contribution >= 4 is 16.7 Å². The number of rotatable bonds is 4. The number of ketones is 1. The highest BCUT2D eigenvalue weighted by atomic mass is 16.5. The third-order valence-electron chi connectivity index (χ3n) is 3.40. The highest BCUT2D eigenvalue weighted by Crippen LogP contribution is 2.29. The normalized spacial score (nSPS) is 10.7. The van der Waals surface area contributed by atoms with E-state index in [1.807, 2.05) is 48.5 Å². The fraction of sp³-hybridized carbons (Fsp3) is 0.118. The second-order valence-corrected chi connectivity index (χ2v) is 4.67. The van der Waals surface area contributed by atoms with Crippen molar-refractivity contribution in [1.29, 1.82) is 0 Å². The number of methoxy groups -OCH3 is 1. The van der Waals surface area contributed by atoms with E-state index in [0.29, 0.717) is 12.0 Å². The molecule has 3 aromatic rings. The predicted molar refractivity (Wildman–Crippen MR) is 79.3 cm³/mol. The fourth-order valence-corrected chi connectivity index (χ4v) is 2.42. The molecule has 0 bridgehead atoms. The zero-order chi connectivity index (χ0) is 13.9. The first-order chi connectivity index (χ1) is 9.79. The van der Waals surface area contributed by atoms with Gasteiger partial charge in [-0.2, -0.15) is 0 Å². The molecule has 3 heteroatoms. The minimum absolute atomic E-state index is 0.0898. The smallest absolute Gasteiger partial charge is 0.169 e. The summed E-state index contributed by atoms with van der Waals surface area (Å²) in [6.45, 7) is 0. The molecule has 0 atom stereocenters. The molecular formula is C17H15NO2. The molecule has 100 valence electrons. The topological polar surface area (TPSA) is 42.1 Å². The molecule has 0 saturated carbocycles. The Hall–Kier alpha value is -2.55. The van der Waals surface area contributed by atoms with E-state index in [1.54, 1.807) is 13.3 Å². The van der Waals surface area contributed by atoms with E-state index in [-0.39, 0.29) is 5.78 Å². The summed E-state index contributed by atoms with van der Waals surface area (Å²) in [5.41, 5.74) is 2.61. The van der Waals surface area contributed by atoms with Gasteiger partial charge < -0.3 is 9.72 Å². The highest BCUT2D eigenvalue weighted by molar-refractivity contribution is 6.10. The molecule has 20 heavy (non-hydrogen) atoms. The molecule has 3 nitrogen and oxygen atoms in total. The van der Waals surface area contributed by atoms with Crippen molar-refractivity contribution in [2.75, 3.05) is 7.11 Å². The number of Topliss-reactive ketones (excluding diaryl/α,β-unsaturated/α-hetero) is 1. The van der Waals surface area contributed by atoms with Crippen LogP contribution in [0.1, 0.15) is 15.9 Å². The molecule has 1 heterocycles. The Morgan fingerprint density at radius 2 is 1.90 bits per heavy atom. The number of aromatic nitrogens is 1. The molecule has 0 aliphatic heterocycles. The SMILES string of the molecule is COc1cccc2[nH]cc(C(=O)Cc3ccccc3)c12. The maximum atomic E-state index is 12.5. The van der Waals surface area contributed by atoms with Gasteiger partial charge in [0.25, 0.3) is 0 Å². The lowest BCUT2D eigenvalue weighted by Gasteiger charge is -2.04. The number of carbonyl (C=O) groups is 1. The van der Waals surface area contributed by atoms with Crippen LogP contribution in [-0.4, -0.2) is 17.9 Å². The number of fused-ring (bicyclic) bond motifs is 1. The van der Waals surface area contributed by atoms with Crippen LogP contribution in [0.4, 0.5) is 0 Å². The summed E-state index contributed by atoms with van der Waals surface area (Å²) in [7, 11) is 1.62. The van der Waals surface area contributed by atoms with E-state index in [4.69, 9.17) is 4.74 Å². The van der Waals surface area contributed by atoms with Crippen LogP contribution in [0.15, 0.2) is 54.7 Å². The number of H-pyrrole nitrogens is 1. The summed E-state index contributed by atoms with van der Waals surface area (Å²) >= 11 is 0. The number of benzene rings is 2. The minimum atomic E-state index is 0.0898. The summed E-state index contributed by atoms with van der Waals surface area (Å²) in [6.07, 6.45) is 2.16. The molecule has 0 spiro atoms. The Morgan fingerprint density at radius 1 is 1.10 bits per heavy atom. The van der Waals surface area contributed by atoms with Crippen molar-refractivity contribution in [2.24, 2.45) is 0 Å². The Morgan fingerprint density at radius 3 is 2.65 bits per heavy atom. The molecular weight excluding hydrogens is 250 g/mol. The van der Waals surface area contributed by atoms with Crippen molar-refractivity contribution in [3.63, 3.8) is 0 Å². The Kier molecular flexibility index (Phi) is 3.25. The van der Waals surface area contributed by atoms with Gasteiger partial charge in [-0.25, -0.2) is 0 Å². The van der Waals surface area contributed by atoms with Gasteiger partial charge in [-0.3, -0.25) is 4.79 Å². The summed E-state index contributed by atoms with van der Waals surface area (Å²) in [5.74, 6) is 0.812. The molecule has 0 fully saturated rings. The molecule has 0 aliphatic carbocycles. The van der Waals surface area contributed by atoms with E-state index in [1.165, 1.54) is 0 Å². The Balaban J connectivity index is 2.00. The monoisotopic (exact) mass is 265 g/mol. The number of nitrogens with one attached hydrogen (secondary N) is 1. The zero-order valence-corrected chi connectivity index (χ0v) is 11.2. The molecule has 1 aromatic heterocycles. The Bertz CT molecular complexity index is 744. The van der Waals surface area contributed by atoms with Gasteiger partial charge in [0.15, 0.2) is 5.78 Å². The van der Waals surface area contributed by atoms with Crippen LogP contribution in [0.25, 0.3) is 10.9 Å². The lowest BCUT2D eigenvalue weighted by molar-refractivity contribution is 0.0994. The first kappa shape index (κ1) is 12.5. The van der Waals surface area contributed by atoms with Gasteiger partial charge in [-0.1, -0.05) is 36.4 Å². The lowest BCUT2D eigenvalue weighted by Crippen LogP contribution is -2.03. The number of hydrogen-bond donors (Lipinski definition) is 1. The summed E-state index contributed by atoms with van der Waals surface area (Å²) < 4.78 is 5.35. The van der Waals surface area contributed by atoms with Crippen molar-refractivity contribution in [3.8, 4) is 5.75 Å². The van der Waals surface area contributed by atoms with Crippen molar-refractivity contribution in [1.82, 2.24) is 4.98 Å². The summed E-state index contributed by atoms with van der Waals surface area (Å²) in [4.78, 5) is 15.6. The van der Waals surface area contributed by atoms with Crippen LogP contribution in [0.2, 0.25) is 0 Å². The predicted octanol–water partition coefficient (Wildman–Crippen LogP) is 3.60. The van der Waals surface area contributed by atoms with Crippen LogP contribution < -0.4 is 4.74 Å². The second kappa shape index (κ2) is 5.21. The number of carbonyl (C=O) groups excluding carboxylic acids is 1. The lowest BCUT2D eigenvalue weighted by atomic mass is 10.0. The molecule has 0 saturated heterocycles. The minimum Gasteiger partial charge on any atom is -0.496 e. The van der Waals surface area contributed by atoms with Crippen molar-refractivity contribution < 1.29 is 9.53 Å². The van der Waals surface area contributed by atoms with Gasteiger partial charge in [0.1, 0.15) is 5.75 Å². The van der Waals surface area contributed by atoms with E-state index < -0.39 is 0 Å². The van der Waals surface area contributed by atoms with Crippen LogP contribution in [0, 0.1) is 0 Å². The van der Waals surface area contributed by atoms with Gasteiger partial charge in [-0.15, -0.1) is 0 Å². The van der Waals surface area contributed by atoms with E-state index in [9.17, 15) is 4.79 Å². The van der Waals surface area contributed by atoms with Gasteiger partial charge in [0.05, 0.1) is 12.5 Å². The van der Waals surface area contributed by atoms with Crippen LogP contribution >= 0.6 is 0 Å². The zero-order valence-electron chi connectivity index (χ0n) is 11.2. The van der Waals surface area contributed by atoms with Gasteiger partial charge >= 0.3 is 0 Å². The van der Waals surface area contributed by atoms with Crippen LogP contribution in [0.3, 0.4) is 0 Å². The number of hydrogen-bond acceptors (Lipinski definition) is 2. The largest absolute Gasteiger partial charge is 0.496 e. The first-order valence-corrected chi connectivity index (χ1v) is 6.51. The molecule has 2 aromatic carbocycles. The Labute approximate surface area is 117 Å². The molecule has 3 rings (SSSR count). The van der Waals surface area contributed by atoms with Crippen molar-refractivity contribution in [2.45, 2.75) is 6.42 Å². The fourth-order valence-electron chi connectivity index (χ4n) is 2.42. The molecule has 0 amide bonds.